The SMILES string of the molecule is CC(C)[C@H](N)C(=O)N(C)Cc1ccc(S(C)=O)cc1. The van der Waals surface area contributed by atoms with Crippen molar-refractivity contribution in [1.29, 1.82) is 0 Å². The van der Waals surface area contributed by atoms with Gasteiger partial charge in [-0.1, -0.05) is 26.0 Å². The van der Waals surface area contributed by atoms with Crippen LogP contribution in [0.3, 0.4) is 0 Å². The van der Waals surface area contributed by atoms with Crippen LogP contribution in [-0.4, -0.2) is 34.4 Å². The molecule has 0 heterocycles. The van der Waals surface area contributed by atoms with E-state index in [0.29, 0.717) is 6.54 Å². The lowest BCUT2D eigenvalue weighted by molar-refractivity contribution is -0.132. The Bertz CT molecular complexity index is 457. The molecule has 4 nitrogen and oxygen atoms in total. The van der Waals surface area contributed by atoms with Crippen molar-refractivity contribution >= 4 is 16.7 Å². The Labute approximate surface area is 117 Å². The summed E-state index contributed by atoms with van der Waals surface area (Å²) in [6.07, 6.45) is 1.65. The summed E-state index contributed by atoms with van der Waals surface area (Å²) in [5, 5.41) is 0. The van der Waals surface area contributed by atoms with Crippen molar-refractivity contribution in [1.82, 2.24) is 4.90 Å². The van der Waals surface area contributed by atoms with Crippen molar-refractivity contribution < 1.29 is 9.00 Å². The molecule has 0 aliphatic carbocycles. The Balaban J connectivity index is 2.69. The summed E-state index contributed by atoms with van der Waals surface area (Å²) in [5.74, 6) is 0.0676. The molecule has 2 atom stereocenters. The van der Waals surface area contributed by atoms with Gasteiger partial charge in [0.1, 0.15) is 0 Å². The summed E-state index contributed by atoms with van der Waals surface area (Å²) in [6.45, 7) is 4.37. The van der Waals surface area contributed by atoms with E-state index < -0.39 is 16.8 Å². The molecule has 0 radical (unpaired) electrons. The van der Waals surface area contributed by atoms with Gasteiger partial charge in [-0.3, -0.25) is 9.00 Å². The maximum absolute atomic E-state index is 12.0. The second-order valence-corrected chi connectivity index (χ2v) is 6.44. The number of rotatable bonds is 5. The summed E-state index contributed by atoms with van der Waals surface area (Å²) in [7, 11) is 0.774. The molecule has 0 bridgehead atoms. The largest absolute Gasteiger partial charge is 0.340 e. The lowest BCUT2D eigenvalue weighted by atomic mass is 10.0. The van der Waals surface area contributed by atoms with Crippen LogP contribution in [0.1, 0.15) is 19.4 Å². The third kappa shape index (κ3) is 4.44. The molecule has 0 aliphatic rings. The van der Waals surface area contributed by atoms with Gasteiger partial charge in [0, 0.05) is 35.5 Å². The smallest absolute Gasteiger partial charge is 0.239 e. The van der Waals surface area contributed by atoms with Crippen LogP contribution >= 0.6 is 0 Å². The molecule has 2 N–H and O–H groups in total. The molecule has 19 heavy (non-hydrogen) atoms. The van der Waals surface area contributed by atoms with E-state index in [4.69, 9.17) is 5.73 Å². The Kier molecular flexibility index (Phi) is 5.69. The molecular formula is C14H22N2O2S. The van der Waals surface area contributed by atoms with Gasteiger partial charge in [0.2, 0.25) is 5.91 Å². The fraction of sp³-hybridized carbons (Fsp3) is 0.500. The van der Waals surface area contributed by atoms with Crippen molar-refractivity contribution in [3.05, 3.63) is 29.8 Å². The predicted molar refractivity (Wildman–Crippen MR) is 78.1 cm³/mol. The Morgan fingerprint density at radius 3 is 2.26 bits per heavy atom. The minimum absolute atomic E-state index is 0.0573. The quantitative estimate of drug-likeness (QED) is 0.887. The van der Waals surface area contributed by atoms with Gasteiger partial charge < -0.3 is 10.6 Å². The molecule has 0 aliphatic heterocycles. The van der Waals surface area contributed by atoms with Crippen molar-refractivity contribution in [2.75, 3.05) is 13.3 Å². The molecule has 5 heteroatoms. The van der Waals surface area contributed by atoms with Crippen LogP contribution < -0.4 is 5.73 Å². The van der Waals surface area contributed by atoms with Gasteiger partial charge in [0.15, 0.2) is 0 Å². The Morgan fingerprint density at radius 2 is 1.84 bits per heavy atom. The third-order valence-electron chi connectivity index (χ3n) is 3.05. The van der Waals surface area contributed by atoms with Crippen molar-refractivity contribution in [3.8, 4) is 0 Å². The number of amides is 1. The zero-order valence-corrected chi connectivity index (χ0v) is 12.7. The number of carbonyl (C=O) groups excluding carboxylic acids is 1. The minimum atomic E-state index is -0.973. The Hall–Kier alpha value is -1.20. The normalized spacial score (nSPS) is 14.2. The molecule has 0 saturated carbocycles. The number of benzene rings is 1. The van der Waals surface area contributed by atoms with Gasteiger partial charge in [-0.15, -0.1) is 0 Å². The highest BCUT2D eigenvalue weighted by atomic mass is 32.2. The van der Waals surface area contributed by atoms with Crippen molar-refractivity contribution in [3.63, 3.8) is 0 Å². The summed E-state index contributed by atoms with van der Waals surface area (Å²) >= 11 is 0. The first kappa shape index (κ1) is 15.9. The molecule has 0 fully saturated rings. The van der Waals surface area contributed by atoms with Gasteiger partial charge in [-0.2, -0.15) is 0 Å². The zero-order valence-electron chi connectivity index (χ0n) is 11.9. The molecule has 0 saturated heterocycles. The van der Waals surface area contributed by atoms with E-state index in [1.807, 2.05) is 38.1 Å². The number of nitrogens with two attached hydrogens (primary N) is 1. The van der Waals surface area contributed by atoms with Crippen molar-refractivity contribution in [2.45, 2.75) is 31.3 Å². The highest BCUT2D eigenvalue weighted by molar-refractivity contribution is 7.84. The number of nitrogens with zero attached hydrogens (tertiary/aromatic N) is 1. The van der Waals surface area contributed by atoms with Gasteiger partial charge in [0.05, 0.1) is 6.04 Å². The third-order valence-corrected chi connectivity index (χ3v) is 3.99. The molecule has 0 aromatic heterocycles. The topological polar surface area (TPSA) is 63.4 Å². The molecule has 1 rings (SSSR count). The predicted octanol–water partition coefficient (Wildman–Crippen LogP) is 1.37. The summed E-state index contributed by atoms with van der Waals surface area (Å²) in [5.41, 5.74) is 6.85. The first-order chi connectivity index (χ1) is 8.82. The van der Waals surface area contributed by atoms with E-state index in [2.05, 4.69) is 0 Å². The second kappa shape index (κ2) is 6.82. The number of hydrogen-bond acceptors (Lipinski definition) is 3. The summed E-state index contributed by atoms with van der Waals surface area (Å²) in [6, 6.07) is 6.97. The van der Waals surface area contributed by atoms with Crippen LogP contribution in [0.5, 0.6) is 0 Å². The van der Waals surface area contributed by atoms with Gasteiger partial charge in [-0.25, -0.2) is 0 Å². The minimum Gasteiger partial charge on any atom is -0.340 e. The zero-order chi connectivity index (χ0) is 14.6. The van der Waals surface area contributed by atoms with E-state index in [0.717, 1.165) is 10.5 Å². The fourth-order valence-corrected chi connectivity index (χ4v) is 2.20. The van der Waals surface area contributed by atoms with E-state index in [1.54, 1.807) is 18.2 Å². The first-order valence-corrected chi connectivity index (χ1v) is 7.81. The fourth-order valence-electron chi connectivity index (χ4n) is 1.68. The standard InChI is InChI=1S/C14H22N2O2S/c1-10(2)13(15)14(17)16(3)9-11-5-7-12(8-6-11)19(4)18/h5-8,10,13H,9,15H2,1-4H3/t13-,19?/m0/s1. The van der Waals surface area contributed by atoms with E-state index in [-0.39, 0.29) is 11.8 Å². The van der Waals surface area contributed by atoms with Crippen LogP contribution in [0.4, 0.5) is 0 Å². The molecule has 0 spiro atoms. The highest BCUT2D eigenvalue weighted by Gasteiger charge is 2.20. The molecule has 1 aromatic rings. The highest BCUT2D eigenvalue weighted by Crippen LogP contribution is 2.11. The molecule has 106 valence electrons. The molecule has 1 aromatic carbocycles. The van der Waals surface area contributed by atoms with Crippen LogP contribution in [0, 0.1) is 5.92 Å². The average Bonchev–Trinajstić information content (AvgIpc) is 2.37. The number of hydrogen-bond donors (Lipinski definition) is 1. The average molecular weight is 282 g/mol. The van der Waals surface area contributed by atoms with Gasteiger partial charge in [-0.05, 0) is 23.6 Å². The van der Waals surface area contributed by atoms with Gasteiger partial charge >= 0.3 is 0 Å². The lowest BCUT2D eigenvalue weighted by Gasteiger charge is -2.23. The molecule has 1 unspecified atom stereocenters. The summed E-state index contributed by atoms with van der Waals surface area (Å²) in [4.78, 5) is 14.4. The number of likely N-dealkylation sites (N-methyl/N-ethyl adjacent to an activating group) is 1. The molecular weight excluding hydrogens is 260 g/mol. The van der Waals surface area contributed by atoms with E-state index in [9.17, 15) is 9.00 Å². The maximum atomic E-state index is 12.0. The van der Waals surface area contributed by atoms with Crippen molar-refractivity contribution in [2.24, 2.45) is 11.7 Å². The van der Waals surface area contributed by atoms with Crippen LogP contribution in [0.2, 0.25) is 0 Å². The van der Waals surface area contributed by atoms with Crippen LogP contribution in [0.15, 0.2) is 29.2 Å². The summed E-state index contributed by atoms with van der Waals surface area (Å²) < 4.78 is 11.3. The first-order valence-electron chi connectivity index (χ1n) is 6.26. The maximum Gasteiger partial charge on any atom is 0.239 e. The van der Waals surface area contributed by atoms with Crippen LogP contribution in [0.25, 0.3) is 0 Å². The number of carbonyl (C=O) groups is 1. The lowest BCUT2D eigenvalue weighted by Crippen LogP contribution is -2.44. The molecule has 1 amide bonds. The monoisotopic (exact) mass is 282 g/mol. The Morgan fingerprint density at radius 1 is 1.32 bits per heavy atom. The second-order valence-electron chi connectivity index (χ2n) is 5.06. The van der Waals surface area contributed by atoms with E-state index >= 15 is 0 Å². The van der Waals surface area contributed by atoms with E-state index in [1.165, 1.54) is 0 Å². The van der Waals surface area contributed by atoms with Crippen LogP contribution in [-0.2, 0) is 22.1 Å². The van der Waals surface area contributed by atoms with Gasteiger partial charge in [0.25, 0.3) is 0 Å².